The molecular weight excluding hydrogens is 621 g/mol. The number of aryl methyl sites for hydroxylation is 1. The molecular formula is C30H31BrClF3N4O2. The number of carbonyl (C=O) groups is 2. The number of alkyl halides is 3. The molecule has 3 aromatic carbocycles. The van der Waals surface area contributed by atoms with Crippen molar-refractivity contribution in [3.63, 3.8) is 0 Å². The molecule has 0 aliphatic carbocycles. The van der Waals surface area contributed by atoms with Gasteiger partial charge in [-0.1, -0.05) is 59.6 Å². The van der Waals surface area contributed by atoms with E-state index in [0.29, 0.717) is 10.0 Å². The third-order valence-corrected chi connectivity index (χ3v) is 7.27. The summed E-state index contributed by atoms with van der Waals surface area (Å²) in [6.45, 7) is 7.48. The molecule has 0 fully saturated rings. The van der Waals surface area contributed by atoms with E-state index >= 15 is 0 Å². The zero-order valence-electron chi connectivity index (χ0n) is 22.7. The van der Waals surface area contributed by atoms with Gasteiger partial charge >= 0.3 is 6.18 Å². The Morgan fingerprint density at radius 3 is 2.34 bits per heavy atom. The number of nitrogens with zero attached hydrogens (tertiary/aromatic N) is 2. The minimum absolute atomic E-state index is 0.0946. The average molecular weight is 652 g/mol. The lowest BCUT2D eigenvalue weighted by atomic mass is 10.1. The number of carbonyl (C=O) groups excluding carboxylic acids is 2. The van der Waals surface area contributed by atoms with Gasteiger partial charge in [0, 0.05) is 10.0 Å². The fourth-order valence-corrected chi connectivity index (χ4v) is 4.69. The van der Waals surface area contributed by atoms with Crippen molar-refractivity contribution >= 4 is 51.2 Å². The maximum atomic E-state index is 13.1. The monoisotopic (exact) mass is 650 g/mol. The maximum absolute atomic E-state index is 13.1. The number of hydrogen-bond donors (Lipinski definition) is 2. The molecule has 41 heavy (non-hydrogen) atoms. The molecule has 0 aliphatic heterocycles. The highest BCUT2D eigenvalue weighted by atomic mass is 79.9. The van der Waals surface area contributed by atoms with Crippen molar-refractivity contribution in [3.05, 3.63) is 98.0 Å². The first kappa shape index (κ1) is 32.3. The highest BCUT2D eigenvalue weighted by molar-refractivity contribution is 9.10. The Hall–Kier alpha value is -3.21. The van der Waals surface area contributed by atoms with Crippen molar-refractivity contribution < 1.29 is 22.8 Å². The lowest BCUT2D eigenvalue weighted by molar-refractivity contribution is -0.137. The van der Waals surface area contributed by atoms with E-state index in [9.17, 15) is 22.8 Å². The largest absolute Gasteiger partial charge is 0.417 e. The summed E-state index contributed by atoms with van der Waals surface area (Å²) in [5, 5.41) is 6.09. The summed E-state index contributed by atoms with van der Waals surface area (Å²) < 4.78 is 39.9. The van der Waals surface area contributed by atoms with E-state index in [1.165, 1.54) is 12.1 Å². The molecule has 6 nitrogen and oxygen atoms in total. The van der Waals surface area contributed by atoms with Crippen molar-refractivity contribution in [2.75, 3.05) is 25.0 Å². The first-order chi connectivity index (χ1) is 19.5. The lowest BCUT2D eigenvalue weighted by Gasteiger charge is -2.17. The molecule has 0 bridgehead atoms. The van der Waals surface area contributed by atoms with Crippen LogP contribution < -0.4 is 10.7 Å². The molecule has 0 saturated carbocycles. The van der Waals surface area contributed by atoms with E-state index in [0.717, 1.165) is 62.8 Å². The number of rotatable bonds is 12. The summed E-state index contributed by atoms with van der Waals surface area (Å²) in [4.78, 5) is 28.2. The minimum atomic E-state index is -4.63. The number of halogens is 5. The van der Waals surface area contributed by atoms with Crippen LogP contribution in [0, 0.1) is 0 Å². The van der Waals surface area contributed by atoms with Crippen molar-refractivity contribution in [3.8, 4) is 0 Å². The van der Waals surface area contributed by atoms with Crippen LogP contribution >= 0.6 is 27.5 Å². The standard InChI is InChI=1S/C30H31BrClF3N4O2/c1-3-39(4-2)16-6-5-7-20-8-11-22(12-9-20)28(40)37-27-15-13-23(31)18-24(27)29(41)38-36-19-21-10-14-26(32)25(17-21)30(33,34)35/h8-15,17-19H,3-7,16H2,1-2H3,(H,37,40)(H,38,41)/b36-19+. The highest BCUT2D eigenvalue weighted by Gasteiger charge is 2.33. The summed E-state index contributed by atoms with van der Waals surface area (Å²) in [5.41, 5.74) is 3.32. The van der Waals surface area contributed by atoms with Crippen LogP contribution in [0.1, 0.15) is 64.1 Å². The normalized spacial score (nSPS) is 11.7. The molecule has 2 N–H and O–H groups in total. The number of hydrazone groups is 1. The average Bonchev–Trinajstić information content (AvgIpc) is 2.94. The molecule has 3 rings (SSSR count). The van der Waals surface area contributed by atoms with Crippen LogP contribution in [0.15, 0.2) is 70.2 Å². The van der Waals surface area contributed by atoms with Gasteiger partial charge in [-0.2, -0.15) is 18.3 Å². The molecule has 0 unspecified atom stereocenters. The van der Waals surface area contributed by atoms with Gasteiger partial charge in [-0.3, -0.25) is 9.59 Å². The smallest absolute Gasteiger partial charge is 0.321 e. The SMILES string of the molecule is CCN(CC)CCCCc1ccc(C(=O)Nc2ccc(Br)cc2C(=O)N/N=C/c2ccc(Cl)c(C(F)(F)F)c2)cc1. The molecule has 0 radical (unpaired) electrons. The van der Waals surface area contributed by atoms with Crippen LogP contribution in [-0.2, 0) is 12.6 Å². The van der Waals surface area contributed by atoms with Crippen LogP contribution in [0.3, 0.4) is 0 Å². The van der Waals surface area contributed by atoms with Crippen LogP contribution in [-0.4, -0.2) is 42.6 Å². The van der Waals surface area contributed by atoms with E-state index < -0.39 is 22.7 Å². The Morgan fingerprint density at radius 1 is 0.976 bits per heavy atom. The topological polar surface area (TPSA) is 73.8 Å². The lowest BCUT2D eigenvalue weighted by Crippen LogP contribution is -2.23. The number of benzene rings is 3. The Labute approximate surface area is 251 Å². The van der Waals surface area contributed by atoms with Gasteiger partial charge in [0.15, 0.2) is 0 Å². The van der Waals surface area contributed by atoms with Crippen LogP contribution in [0.4, 0.5) is 18.9 Å². The van der Waals surface area contributed by atoms with Gasteiger partial charge in [0.05, 0.1) is 28.1 Å². The van der Waals surface area contributed by atoms with Crippen molar-refractivity contribution in [2.45, 2.75) is 39.3 Å². The summed E-state index contributed by atoms with van der Waals surface area (Å²) in [6, 6.07) is 15.4. The van der Waals surface area contributed by atoms with E-state index in [-0.39, 0.29) is 22.7 Å². The summed E-state index contributed by atoms with van der Waals surface area (Å²) in [6.07, 6.45) is -0.460. The van der Waals surface area contributed by atoms with Gasteiger partial charge in [0.25, 0.3) is 11.8 Å². The van der Waals surface area contributed by atoms with Gasteiger partial charge in [0.1, 0.15) is 0 Å². The predicted molar refractivity (Wildman–Crippen MR) is 161 cm³/mol. The second kappa shape index (κ2) is 15.1. The quantitative estimate of drug-likeness (QED) is 0.119. The fourth-order valence-electron chi connectivity index (χ4n) is 4.10. The highest BCUT2D eigenvalue weighted by Crippen LogP contribution is 2.34. The van der Waals surface area contributed by atoms with E-state index in [4.69, 9.17) is 11.6 Å². The molecule has 3 aromatic rings. The van der Waals surface area contributed by atoms with Crippen molar-refractivity contribution in [1.82, 2.24) is 10.3 Å². The Kier molecular flexibility index (Phi) is 11.9. The van der Waals surface area contributed by atoms with Crippen LogP contribution in [0.5, 0.6) is 0 Å². The zero-order chi connectivity index (χ0) is 30.0. The van der Waals surface area contributed by atoms with E-state index in [2.05, 4.69) is 50.5 Å². The molecule has 0 spiro atoms. The third-order valence-electron chi connectivity index (χ3n) is 6.45. The van der Waals surface area contributed by atoms with Crippen molar-refractivity contribution in [1.29, 1.82) is 0 Å². The number of nitrogens with one attached hydrogen (secondary N) is 2. The fraction of sp³-hybridized carbons (Fsp3) is 0.300. The molecule has 0 atom stereocenters. The summed E-state index contributed by atoms with van der Waals surface area (Å²) in [5.74, 6) is -1.05. The number of amides is 2. The Morgan fingerprint density at radius 2 is 1.68 bits per heavy atom. The Balaban J connectivity index is 1.63. The van der Waals surface area contributed by atoms with E-state index in [1.54, 1.807) is 24.3 Å². The summed E-state index contributed by atoms with van der Waals surface area (Å²) in [7, 11) is 0. The molecule has 218 valence electrons. The number of unbranched alkanes of at least 4 members (excludes halogenated alkanes) is 1. The molecule has 0 saturated heterocycles. The van der Waals surface area contributed by atoms with Gasteiger partial charge in [-0.15, -0.1) is 0 Å². The van der Waals surface area contributed by atoms with Gasteiger partial charge in [0.2, 0.25) is 0 Å². The minimum Gasteiger partial charge on any atom is -0.321 e. The van der Waals surface area contributed by atoms with Gasteiger partial charge in [-0.25, -0.2) is 5.43 Å². The zero-order valence-corrected chi connectivity index (χ0v) is 25.0. The Bertz CT molecular complexity index is 1380. The maximum Gasteiger partial charge on any atom is 0.417 e. The first-order valence-corrected chi connectivity index (χ1v) is 14.3. The van der Waals surface area contributed by atoms with E-state index in [1.807, 2.05) is 12.1 Å². The van der Waals surface area contributed by atoms with Crippen LogP contribution in [0.25, 0.3) is 0 Å². The second-order valence-electron chi connectivity index (χ2n) is 9.26. The molecule has 0 heterocycles. The second-order valence-corrected chi connectivity index (χ2v) is 10.6. The van der Waals surface area contributed by atoms with Crippen molar-refractivity contribution in [2.24, 2.45) is 5.10 Å². The molecule has 0 aromatic heterocycles. The predicted octanol–water partition coefficient (Wildman–Crippen LogP) is 7.80. The molecule has 11 heteroatoms. The number of anilines is 1. The summed E-state index contributed by atoms with van der Waals surface area (Å²) >= 11 is 8.95. The molecule has 0 aliphatic rings. The first-order valence-electron chi connectivity index (χ1n) is 13.1. The van der Waals surface area contributed by atoms with Gasteiger partial charge in [-0.05, 0) is 92.5 Å². The molecule has 2 amide bonds. The van der Waals surface area contributed by atoms with Gasteiger partial charge < -0.3 is 10.2 Å². The third kappa shape index (κ3) is 9.69. The van der Waals surface area contributed by atoms with Crippen LogP contribution in [0.2, 0.25) is 5.02 Å². The number of hydrogen-bond acceptors (Lipinski definition) is 4.